The number of Topliss-reactive ketones (excluding diaryl/α,β-unsaturated/α-hetero) is 3. The summed E-state index contributed by atoms with van der Waals surface area (Å²) in [4.78, 5) is 121. The van der Waals surface area contributed by atoms with Crippen molar-refractivity contribution < 1.29 is 69.8 Å². The average Bonchev–Trinajstić information content (AvgIpc) is 3.32. The Labute approximate surface area is 537 Å². The molecule has 0 unspecified atom stereocenters. The highest BCUT2D eigenvalue weighted by atomic mass is 27.3. The third-order valence-electron chi connectivity index (χ3n) is 17.4. The zero-order valence-corrected chi connectivity index (χ0v) is 56.9. The van der Waals surface area contributed by atoms with E-state index in [1.165, 1.54) is 154 Å². The van der Waals surface area contributed by atoms with Crippen molar-refractivity contribution in [3.63, 3.8) is 0 Å². The zero-order chi connectivity index (χ0) is 65.6. The molecule has 510 valence electrons. The molecular formula is C69H126AlN3O15. The van der Waals surface area contributed by atoms with E-state index in [0.717, 1.165) is 96.3 Å². The normalized spacial score (nSPS) is 13.4. The zero-order valence-electron chi connectivity index (χ0n) is 55.7. The van der Waals surface area contributed by atoms with Crippen LogP contribution in [-0.4, -0.2) is 100 Å². The maximum atomic E-state index is 14.3. The van der Waals surface area contributed by atoms with Gasteiger partial charge in [0.2, 0.25) is 0 Å². The van der Waals surface area contributed by atoms with Crippen LogP contribution in [0, 0.1) is 0 Å². The van der Waals surface area contributed by atoms with Crippen molar-refractivity contribution in [2.45, 2.75) is 384 Å². The predicted molar refractivity (Wildman–Crippen MR) is 349 cm³/mol. The second-order valence-electron chi connectivity index (χ2n) is 25.5. The van der Waals surface area contributed by atoms with Gasteiger partial charge in [-0.25, -0.2) is 0 Å². The number of unbranched alkanes of at least 4 members (excludes halogenated alkanes) is 42. The van der Waals surface area contributed by atoms with Crippen LogP contribution in [0.15, 0.2) is 0 Å². The first kappa shape index (κ1) is 84.2. The number of hydrogen-bond donors (Lipinski definition) is 6. The molecule has 0 aromatic carbocycles. The summed E-state index contributed by atoms with van der Waals surface area (Å²) in [7, 11) is 0. The smallest absolute Gasteiger partial charge is 0.549 e. The van der Waals surface area contributed by atoms with Crippen molar-refractivity contribution in [3.05, 3.63) is 0 Å². The van der Waals surface area contributed by atoms with Crippen LogP contribution in [0.3, 0.4) is 0 Å². The fourth-order valence-electron chi connectivity index (χ4n) is 11.3. The van der Waals surface area contributed by atoms with Gasteiger partial charge in [0.15, 0.2) is 34.0 Å². The summed E-state index contributed by atoms with van der Waals surface area (Å²) in [6.45, 7) is 6.64. The molecule has 88 heavy (non-hydrogen) atoms. The van der Waals surface area contributed by atoms with Crippen molar-refractivity contribution in [1.29, 1.82) is 0 Å². The Morgan fingerprint density at radius 2 is 0.409 bits per heavy atom. The molecule has 0 aliphatic rings. The van der Waals surface area contributed by atoms with Gasteiger partial charge in [0, 0.05) is 38.5 Å². The first-order chi connectivity index (χ1) is 42.2. The van der Waals surface area contributed by atoms with E-state index in [2.05, 4.69) is 20.8 Å². The van der Waals surface area contributed by atoms with Crippen LogP contribution in [0.5, 0.6) is 0 Å². The van der Waals surface area contributed by atoms with Gasteiger partial charge in [-0.1, -0.05) is 290 Å². The van der Waals surface area contributed by atoms with Crippen molar-refractivity contribution in [1.82, 2.24) is 0 Å². The molecule has 0 radical (unpaired) electrons. The number of aliphatic carboxylic acids is 3. The largest absolute Gasteiger partial charge is 1.20 e. The number of carbonyl (C=O) groups is 9. The summed E-state index contributed by atoms with van der Waals surface area (Å²) < 4.78 is 16.6. The minimum Gasteiger partial charge on any atom is -0.549 e. The number of carboxylic acids is 3. The summed E-state index contributed by atoms with van der Waals surface area (Å²) in [6, 6.07) is 0. The lowest BCUT2D eigenvalue weighted by Gasteiger charge is -2.31. The minimum absolute atomic E-state index is 0.265. The molecule has 0 rings (SSSR count). The van der Waals surface area contributed by atoms with Crippen molar-refractivity contribution in [2.75, 3.05) is 0 Å². The van der Waals surface area contributed by atoms with E-state index in [9.17, 15) is 58.5 Å². The van der Waals surface area contributed by atoms with Crippen LogP contribution >= 0.6 is 0 Å². The molecular weight excluding hydrogens is 1140 g/mol. The Bertz CT molecular complexity index is 1700. The monoisotopic (exact) mass is 1260 g/mol. The second-order valence-corrected chi connectivity index (χ2v) is 26.8. The topological polar surface area (TPSA) is 320 Å². The van der Waals surface area contributed by atoms with Crippen LogP contribution in [0.1, 0.15) is 367 Å². The standard InChI is InChI=1S/3C23H43NO5.Al/c3*1-2-3-4-5-6-7-8-9-10-11-12-13-14-15-16-17-20(25)23(24,22(28)29)19-18-21(26)27;/h3*2-19,24H2,1H3,(H,26,27)(H,28,29);/q;;;+3/p-3/t3*23-;/m111./s1. The second kappa shape index (κ2) is 54.9. The van der Waals surface area contributed by atoms with Gasteiger partial charge in [0.05, 0.1) is 0 Å². The summed E-state index contributed by atoms with van der Waals surface area (Å²) in [6.07, 6.45) is 42.4. The Balaban J connectivity index is 6.34. The maximum absolute atomic E-state index is 14.3. The highest BCUT2D eigenvalue weighted by Gasteiger charge is 2.59. The van der Waals surface area contributed by atoms with Gasteiger partial charge >= 0.3 is 51.0 Å². The van der Waals surface area contributed by atoms with Crippen LogP contribution in [0.25, 0.3) is 0 Å². The number of ketones is 3. The molecule has 0 saturated carbocycles. The molecule has 0 spiro atoms. The van der Waals surface area contributed by atoms with E-state index in [4.69, 9.17) is 28.6 Å². The first-order valence-electron chi connectivity index (χ1n) is 35.5. The lowest BCUT2D eigenvalue weighted by molar-refractivity contribution is -0.157. The third kappa shape index (κ3) is 42.3. The fourth-order valence-corrected chi connectivity index (χ4v) is 12.6. The first-order valence-corrected chi connectivity index (χ1v) is 36.9. The highest BCUT2D eigenvalue weighted by molar-refractivity contribution is 6.46. The molecule has 0 bridgehead atoms. The van der Waals surface area contributed by atoms with E-state index in [1.54, 1.807) is 0 Å². The van der Waals surface area contributed by atoms with Crippen LogP contribution < -0.4 is 17.2 Å². The lowest BCUT2D eigenvalue weighted by Crippen LogP contribution is -2.62. The highest BCUT2D eigenvalue weighted by Crippen LogP contribution is 2.26. The van der Waals surface area contributed by atoms with Crippen molar-refractivity contribution in [2.24, 2.45) is 17.2 Å². The summed E-state index contributed by atoms with van der Waals surface area (Å²) in [5.41, 5.74) is 11.4. The van der Waals surface area contributed by atoms with Gasteiger partial charge in [0.25, 0.3) is 0 Å². The number of nitrogens with two attached hydrogens (primary N) is 3. The number of carbonyl (C=O) groups excluding carboxylic acids is 6. The minimum atomic E-state index is -4.86. The number of rotatable bonds is 66. The van der Waals surface area contributed by atoms with Gasteiger partial charge in [-0.15, -0.1) is 0 Å². The van der Waals surface area contributed by atoms with E-state index in [-0.39, 0.29) is 19.3 Å². The molecule has 0 aromatic rings. The summed E-state index contributed by atoms with van der Waals surface area (Å²) in [5.74, 6) is -11.8. The summed E-state index contributed by atoms with van der Waals surface area (Å²) in [5, 5.41) is 29.0. The Morgan fingerprint density at radius 1 is 0.261 bits per heavy atom. The maximum Gasteiger partial charge on any atom is 1.20 e. The number of hydrogen-bond acceptors (Lipinski definition) is 15. The Hall–Kier alpha value is -3.76. The molecule has 0 heterocycles. The average molecular weight is 1260 g/mol. The molecule has 0 saturated heterocycles. The van der Waals surface area contributed by atoms with Crippen molar-refractivity contribution >= 4 is 68.3 Å². The van der Waals surface area contributed by atoms with E-state index in [1.807, 2.05) is 0 Å². The molecule has 3 atom stereocenters. The third-order valence-corrected chi connectivity index (χ3v) is 18.6. The molecule has 0 aliphatic carbocycles. The van der Waals surface area contributed by atoms with Crippen LogP contribution in [-0.2, 0) is 54.5 Å². The van der Waals surface area contributed by atoms with Crippen molar-refractivity contribution in [3.8, 4) is 0 Å². The van der Waals surface area contributed by atoms with E-state index < -0.39 is 123 Å². The van der Waals surface area contributed by atoms with Gasteiger partial charge < -0.3 is 43.9 Å². The molecule has 0 fully saturated rings. The Morgan fingerprint density at radius 3 is 0.557 bits per heavy atom. The molecule has 0 amide bonds. The number of carboxylic acid groups (broad SMARTS) is 3. The van der Waals surface area contributed by atoms with Gasteiger partial charge in [-0.3, -0.25) is 43.2 Å². The SMILES string of the molecule is CCCCCCCCCCCCCCCCCC(=O)[C@](N)(CCC(=O)O)C(=O)[O][Al]([O]C(=O)[C@@](N)(CCC(=O)O)C(=O)CCCCCCCCCCCCCCCCC)[O]C(=O)[C@@](N)(CCC(=O)O)C(=O)CCCCCCCCCCCCCCCCC. The van der Waals surface area contributed by atoms with E-state index >= 15 is 0 Å². The van der Waals surface area contributed by atoms with E-state index in [0.29, 0.717) is 38.5 Å². The van der Waals surface area contributed by atoms with Crippen LogP contribution in [0.4, 0.5) is 0 Å². The van der Waals surface area contributed by atoms with Gasteiger partial charge in [-0.2, -0.15) is 0 Å². The Kier molecular flexibility index (Phi) is 52.6. The molecule has 0 aromatic heterocycles. The molecule has 9 N–H and O–H groups in total. The lowest BCUT2D eigenvalue weighted by atomic mass is 9.87. The molecule has 0 aliphatic heterocycles. The summed E-state index contributed by atoms with van der Waals surface area (Å²) >= 11 is -4.86. The van der Waals surface area contributed by atoms with Gasteiger partial charge in [-0.05, 0) is 38.5 Å². The quantitative estimate of drug-likeness (QED) is 0.0187. The molecule has 18 nitrogen and oxygen atoms in total. The van der Waals surface area contributed by atoms with Gasteiger partial charge in [0.1, 0.15) is 0 Å². The molecule has 19 heteroatoms. The van der Waals surface area contributed by atoms with Crippen LogP contribution in [0.2, 0.25) is 0 Å². The fraction of sp³-hybridized carbons (Fsp3) is 0.870. The predicted octanol–water partition coefficient (Wildman–Crippen LogP) is 15.8.